The largest absolute Gasteiger partial charge is 0.378 e. The Morgan fingerprint density at radius 1 is 1.23 bits per heavy atom. The summed E-state index contributed by atoms with van der Waals surface area (Å²) in [4.78, 5) is 17.2. The van der Waals surface area contributed by atoms with Crippen molar-refractivity contribution in [3.8, 4) is 11.3 Å². The number of hydrogen-bond acceptors (Lipinski definition) is 5. The minimum absolute atomic E-state index is 0.0969. The minimum atomic E-state index is -0.348. The molecule has 30 heavy (non-hydrogen) atoms. The molecule has 1 saturated carbocycles. The predicted octanol–water partition coefficient (Wildman–Crippen LogP) is 4.24. The number of benzene rings is 1. The van der Waals surface area contributed by atoms with Crippen LogP contribution in [0.25, 0.3) is 11.3 Å². The number of nitrogens with zero attached hydrogens (tertiary/aromatic N) is 3. The van der Waals surface area contributed by atoms with Crippen molar-refractivity contribution >= 4 is 11.8 Å². The maximum absolute atomic E-state index is 14.6. The van der Waals surface area contributed by atoms with Gasteiger partial charge < -0.3 is 19.1 Å². The Kier molecular flexibility index (Phi) is 5.82. The lowest BCUT2D eigenvalue weighted by Gasteiger charge is -2.29. The van der Waals surface area contributed by atoms with Gasteiger partial charge in [0.1, 0.15) is 11.5 Å². The van der Waals surface area contributed by atoms with E-state index in [9.17, 15) is 9.18 Å². The fourth-order valence-corrected chi connectivity index (χ4v) is 3.86. The minimum Gasteiger partial charge on any atom is -0.378 e. The van der Waals surface area contributed by atoms with Crippen LogP contribution in [-0.2, 0) is 16.1 Å². The van der Waals surface area contributed by atoms with E-state index < -0.39 is 0 Å². The van der Waals surface area contributed by atoms with Crippen molar-refractivity contribution in [2.24, 2.45) is 5.41 Å². The Morgan fingerprint density at radius 3 is 2.57 bits per heavy atom. The summed E-state index contributed by atoms with van der Waals surface area (Å²) in [5.74, 6) is 0.393. The zero-order valence-electron chi connectivity index (χ0n) is 18.0. The number of amides is 1. The highest BCUT2D eigenvalue weighted by Gasteiger charge is 2.36. The Labute approximate surface area is 177 Å². The van der Waals surface area contributed by atoms with Gasteiger partial charge in [-0.25, -0.2) is 4.39 Å². The first-order valence-corrected chi connectivity index (χ1v) is 10.7. The summed E-state index contributed by atoms with van der Waals surface area (Å²) in [5, 5.41) is 4.25. The van der Waals surface area contributed by atoms with Gasteiger partial charge in [-0.3, -0.25) is 4.79 Å². The van der Waals surface area contributed by atoms with E-state index in [1.165, 1.54) is 6.07 Å². The second-order valence-corrected chi connectivity index (χ2v) is 9.38. The van der Waals surface area contributed by atoms with Crippen LogP contribution in [0, 0.1) is 11.2 Å². The molecule has 2 heterocycles. The average Bonchev–Trinajstić information content (AvgIpc) is 3.45. The van der Waals surface area contributed by atoms with Crippen LogP contribution in [-0.4, -0.2) is 48.3 Å². The molecule has 1 saturated heterocycles. The summed E-state index contributed by atoms with van der Waals surface area (Å²) in [6.07, 6.45) is 2.48. The summed E-state index contributed by atoms with van der Waals surface area (Å²) in [7, 11) is 0. The van der Waals surface area contributed by atoms with Crippen LogP contribution in [0.5, 0.6) is 0 Å². The van der Waals surface area contributed by atoms with Gasteiger partial charge in [0.05, 0.1) is 25.3 Å². The highest BCUT2D eigenvalue weighted by molar-refractivity contribution is 5.78. The standard InChI is InChI=1S/C23H30FN3O3/c1-23(2,3)14-20(28)27(16-8-9-16)15-18-21(17-6-4-5-7-19(17)24)25-30-22(18)26-10-12-29-13-11-26/h4-7,16H,8-15H2,1-3H3. The van der Waals surface area contributed by atoms with E-state index in [2.05, 4.69) is 30.8 Å². The molecule has 0 bridgehead atoms. The number of morpholine rings is 1. The molecule has 0 unspecified atom stereocenters. The lowest BCUT2D eigenvalue weighted by atomic mass is 9.91. The summed E-state index contributed by atoms with van der Waals surface area (Å²) in [6.45, 7) is 9.14. The molecule has 0 spiro atoms. The predicted molar refractivity (Wildman–Crippen MR) is 113 cm³/mol. The van der Waals surface area contributed by atoms with Crippen LogP contribution in [0.1, 0.15) is 45.6 Å². The number of carbonyl (C=O) groups is 1. The summed E-state index contributed by atoms with van der Waals surface area (Å²) >= 11 is 0. The Morgan fingerprint density at radius 2 is 1.93 bits per heavy atom. The average molecular weight is 416 g/mol. The molecule has 1 amide bonds. The highest BCUT2D eigenvalue weighted by atomic mass is 19.1. The number of hydrogen-bond donors (Lipinski definition) is 0. The van der Waals surface area contributed by atoms with E-state index in [1.807, 2.05) is 4.90 Å². The molecule has 0 N–H and O–H groups in total. The van der Waals surface area contributed by atoms with E-state index >= 15 is 0 Å². The zero-order valence-corrected chi connectivity index (χ0v) is 18.0. The fourth-order valence-electron chi connectivity index (χ4n) is 3.86. The van der Waals surface area contributed by atoms with E-state index in [0.717, 1.165) is 18.4 Å². The number of aromatic nitrogens is 1. The molecule has 1 aromatic carbocycles. The topological polar surface area (TPSA) is 58.8 Å². The van der Waals surface area contributed by atoms with Gasteiger partial charge in [-0.15, -0.1) is 0 Å². The molecule has 7 heteroatoms. The van der Waals surface area contributed by atoms with Gasteiger partial charge in [-0.05, 0) is 30.4 Å². The number of rotatable bonds is 6. The molecule has 1 aromatic heterocycles. The summed E-state index contributed by atoms with van der Waals surface area (Å²) in [5.41, 5.74) is 1.55. The lowest BCUT2D eigenvalue weighted by molar-refractivity contribution is -0.134. The van der Waals surface area contributed by atoms with Crippen molar-refractivity contribution in [2.75, 3.05) is 31.2 Å². The van der Waals surface area contributed by atoms with Crippen molar-refractivity contribution in [1.82, 2.24) is 10.1 Å². The van der Waals surface area contributed by atoms with Gasteiger partial charge in [0.25, 0.3) is 0 Å². The lowest BCUT2D eigenvalue weighted by Crippen LogP contribution is -2.38. The van der Waals surface area contributed by atoms with Gasteiger partial charge in [0, 0.05) is 31.1 Å². The first-order valence-electron chi connectivity index (χ1n) is 10.7. The van der Waals surface area contributed by atoms with E-state index in [-0.39, 0.29) is 23.2 Å². The Balaban J connectivity index is 1.71. The van der Waals surface area contributed by atoms with Gasteiger partial charge in [0.2, 0.25) is 11.8 Å². The maximum atomic E-state index is 14.6. The van der Waals surface area contributed by atoms with Crippen LogP contribution < -0.4 is 4.90 Å². The molecule has 162 valence electrons. The van der Waals surface area contributed by atoms with Crippen molar-refractivity contribution in [2.45, 2.75) is 52.6 Å². The third-order valence-corrected chi connectivity index (χ3v) is 5.51. The van der Waals surface area contributed by atoms with E-state index in [4.69, 9.17) is 9.26 Å². The molecular weight excluding hydrogens is 385 g/mol. The van der Waals surface area contributed by atoms with Gasteiger partial charge in [-0.2, -0.15) is 0 Å². The number of carbonyl (C=O) groups excluding carboxylic acids is 1. The molecule has 4 rings (SSSR count). The molecule has 2 aliphatic rings. The fraction of sp³-hybridized carbons (Fsp3) is 0.565. The Bertz CT molecular complexity index is 895. The van der Waals surface area contributed by atoms with Gasteiger partial charge in [0.15, 0.2) is 0 Å². The molecule has 2 aromatic rings. The van der Waals surface area contributed by atoms with Gasteiger partial charge in [-0.1, -0.05) is 38.1 Å². The third-order valence-electron chi connectivity index (χ3n) is 5.51. The van der Waals surface area contributed by atoms with Crippen molar-refractivity contribution < 1.29 is 18.4 Å². The SMILES string of the molecule is CC(C)(C)CC(=O)N(Cc1c(-c2ccccc2F)noc1N1CCOCC1)C1CC1. The van der Waals surface area contributed by atoms with Crippen molar-refractivity contribution in [3.05, 3.63) is 35.6 Å². The van der Waals surface area contributed by atoms with Crippen LogP contribution in [0.15, 0.2) is 28.8 Å². The third kappa shape index (κ3) is 4.67. The van der Waals surface area contributed by atoms with E-state index in [1.54, 1.807) is 18.2 Å². The first-order chi connectivity index (χ1) is 14.3. The van der Waals surface area contributed by atoms with Gasteiger partial charge >= 0.3 is 0 Å². The Hall–Kier alpha value is -2.41. The molecule has 1 aliphatic carbocycles. The number of ether oxygens (including phenoxy) is 1. The van der Waals surface area contributed by atoms with Crippen LogP contribution in [0.2, 0.25) is 0 Å². The number of halogens is 1. The summed E-state index contributed by atoms with van der Waals surface area (Å²) in [6, 6.07) is 6.81. The van der Waals surface area contributed by atoms with Crippen LogP contribution in [0.3, 0.4) is 0 Å². The second kappa shape index (κ2) is 8.38. The molecule has 0 radical (unpaired) electrons. The molecule has 0 atom stereocenters. The van der Waals surface area contributed by atoms with Crippen molar-refractivity contribution in [3.63, 3.8) is 0 Å². The monoisotopic (exact) mass is 415 g/mol. The van der Waals surface area contributed by atoms with Crippen molar-refractivity contribution in [1.29, 1.82) is 0 Å². The molecule has 6 nitrogen and oxygen atoms in total. The maximum Gasteiger partial charge on any atom is 0.233 e. The highest BCUT2D eigenvalue weighted by Crippen LogP contribution is 2.38. The van der Waals surface area contributed by atoms with Crippen LogP contribution >= 0.6 is 0 Å². The smallest absolute Gasteiger partial charge is 0.233 e. The van der Waals surface area contributed by atoms with E-state index in [0.29, 0.717) is 56.4 Å². The van der Waals surface area contributed by atoms with Crippen LogP contribution in [0.4, 0.5) is 10.3 Å². The normalized spacial score (nSPS) is 17.3. The first kappa shape index (κ1) is 20.8. The quantitative estimate of drug-likeness (QED) is 0.706. The molecule has 1 aliphatic heterocycles. The number of anilines is 1. The molecular formula is C23H30FN3O3. The summed E-state index contributed by atoms with van der Waals surface area (Å²) < 4.78 is 25.8. The second-order valence-electron chi connectivity index (χ2n) is 9.38. The molecule has 2 fully saturated rings. The zero-order chi connectivity index (χ0) is 21.3.